The fourth-order valence-electron chi connectivity index (χ4n) is 3.38. The van der Waals surface area contributed by atoms with E-state index in [0.717, 1.165) is 33.4 Å². The molecule has 0 fully saturated rings. The van der Waals surface area contributed by atoms with Crippen LogP contribution in [0.5, 0.6) is 5.75 Å². The number of phenols is 1. The fourth-order valence-corrected chi connectivity index (χ4v) is 5.33. The van der Waals surface area contributed by atoms with Crippen LogP contribution in [0.25, 0.3) is 0 Å². The molecule has 6 heteroatoms. The van der Waals surface area contributed by atoms with Crippen LogP contribution in [0.4, 0.5) is 5.00 Å². The number of carbonyl (C=O) groups is 1. The van der Waals surface area contributed by atoms with Crippen LogP contribution >= 0.6 is 33.9 Å². The predicted octanol–water partition coefficient (Wildman–Crippen LogP) is 4.04. The van der Waals surface area contributed by atoms with Crippen LogP contribution in [0.15, 0.2) is 18.2 Å². The van der Waals surface area contributed by atoms with Crippen LogP contribution in [-0.4, -0.2) is 11.0 Å². The highest BCUT2D eigenvalue weighted by molar-refractivity contribution is 14.1. The van der Waals surface area contributed by atoms with E-state index >= 15 is 0 Å². The maximum absolute atomic E-state index is 12.7. The minimum absolute atomic E-state index is 0.0333. The Labute approximate surface area is 152 Å². The minimum Gasteiger partial charge on any atom is -0.508 e. The van der Waals surface area contributed by atoms with Gasteiger partial charge in [-0.15, -0.1) is 11.3 Å². The number of fused-ring (bicyclic) bond motifs is 3. The van der Waals surface area contributed by atoms with Crippen molar-refractivity contribution in [2.45, 2.75) is 32.4 Å². The van der Waals surface area contributed by atoms with Crippen molar-refractivity contribution in [1.82, 2.24) is 5.32 Å². The summed E-state index contributed by atoms with van der Waals surface area (Å²) < 4.78 is 1.02. The fraction of sp³-hybridized carbons (Fsp3) is 0.353. The Bertz CT molecular complexity index is 802. The highest BCUT2D eigenvalue weighted by atomic mass is 127. The molecule has 0 saturated heterocycles. The summed E-state index contributed by atoms with van der Waals surface area (Å²) >= 11 is 3.90. The molecule has 120 valence electrons. The van der Waals surface area contributed by atoms with Gasteiger partial charge in [0.15, 0.2) is 0 Å². The van der Waals surface area contributed by atoms with Gasteiger partial charge < -0.3 is 15.7 Å². The third-order valence-corrected chi connectivity index (χ3v) is 6.45. The van der Waals surface area contributed by atoms with Gasteiger partial charge in [-0.2, -0.15) is 0 Å². The molecule has 2 heterocycles. The van der Waals surface area contributed by atoms with Gasteiger partial charge >= 0.3 is 0 Å². The van der Waals surface area contributed by atoms with Crippen molar-refractivity contribution >= 4 is 44.8 Å². The first kappa shape index (κ1) is 15.3. The smallest absolute Gasteiger partial charge is 0.256 e. The summed E-state index contributed by atoms with van der Waals surface area (Å²) in [5.41, 5.74) is 2.74. The molecule has 1 aromatic heterocycles. The second-order valence-corrected chi connectivity index (χ2v) is 8.66. The highest BCUT2D eigenvalue weighted by Crippen LogP contribution is 2.43. The van der Waals surface area contributed by atoms with Crippen LogP contribution in [0, 0.1) is 9.49 Å². The molecule has 2 aliphatic rings. The minimum atomic E-state index is -0.387. The predicted molar refractivity (Wildman–Crippen MR) is 100 cm³/mol. The Morgan fingerprint density at radius 2 is 2.17 bits per heavy atom. The molecule has 0 bridgehead atoms. The van der Waals surface area contributed by atoms with Crippen molar-refractivity contribution in [3.63, 3.8) is 0 Å². The SMILES string of the molecule is CC1CCc2c(sc3c2C(=O)NC(c2cc(I)ccc2O)N3)C1. The number of anilines is 1. The molecule has 1 aromatic carbocycles. The second-order valence-electron chi connectivity index (χ2n) is 6.31. The molecule has 2 unspecified atom stereocenters. The Morgan fingerprint density at radius 1 is 1.35 bits per heavy atom. The maximum atomic E-state index is 12.7. The van der Waals surface area contributed by atoms with Crippen LogP contribution in [0.1, 0.15) is 45.9 Å². The monoisotopic (exact) mass is 440 g/mol. The average Bonchev–Trinajstić information content (AvgIpc) is 2.87. The summed E-state index contributed by atoms with van der Waals surface area (Å²) in [6, 6.07) is 5.41. The summed E-state index contributed by atoms with van der Waals surface area (Å²) in [7, 11) is 0. The molecule has 4 nitrogen and oxygen atoms in total. The number of hydrogen-bond donors (Lipinski definition) is 3. The van der Waals surface area contributed by atoms with Gasteiger partial charge in [0, 0.05) is 14.0 Å². The largest absolute Gasteiger partial charge is 0.508 e. The second kappa shape index (κ2) is 5.66. The lowest BCUT2D eigenvalue weighted by molar-refractivity contribution is 0.0935. The van der Waals surface area contributed by atoms with E-state index in [-0.39, 0.29) is 17.8 Å². The van der Waals surface area contributed by atoms with E-state index in [1.807, 2.05) is 12.1 Å². The van der Waals surface area contributed by atoms with Crippen LogP contribution in [0.3, 0.4) is 0 Å². The highest BCUT2D eigenvalue weighted by Gasteiger charge is 2.33. The molecular weight excluding hydrogens is 423 g/mol. The lowest BCUT2D eigenvalue weighted by atomic mass is 9.88. The van der Waals surface area contributed by atoms with Gasteiger partial charge in [-0.25, -0.2) is 0 Å². The van der Waals surface area contributed by atoms with Crippen LogP contribution < -0.4 is 10.6 Å². The number of aromatic hydroxyl groups is 1. The molecule has 1 amide bonds. The molecule has 3 N–H and O–H groups in total. The zero-order chi connectivity index (χ0) is 16.1. The quantitative estimate of drug-likeness (QED) is 0.587. The number of carbonyl (C=O) groups excluding carboxylic acids is 1. The molecule has 2 aromatic rings. The van der Waals surface area contributed by atoms with Gasteiger partial charge in [0.2, 0.25) is 0 Å². The summed E-state index contributed by atoms with van der Waals surface area (Å²) in [4.78, 5) is 14.0. The lowest BCUT2D eigenvalue weighted by Crippen LogP contribution is -2.38. The van der Waals surface area contributed by atoms with Crippen molar-refractivity contribution in [2.75, 3.05) is 5.32 Å². The van der Waals surface area contributed by atoms with Gasteiger partial charge in [0.25, 0.3) is 5.91 Å². The number of rotatable bonds is 1. The van der Waals surface area contributed by atoms with Gasteiger partial charge in [0.05, 0.1) is 5.56 Å². The summed E-state index contributed by atoms with van der Waals surface area (Å²) in [5.74, 6) is 0.844. The van der Waals surface area contributed by atoms with E-state index in [4.69, 9.17) is 0 Å². The lowest BCUT2D eigenvalue weighted by Gasteiger charge is -2.27. The molecule has 1 aliphatic carbocycles. The molecule has 1 aliphatic heterocycles. The topological polar surface area (TPSA) is 61.4 Å². The number of amides is 1. The third kappa shape index (κ3) is 2.61. The number of nitrogens with one attached hydrogen (secondary N) is 2. The van der Waals surface area contributed by atoms with E-state index < -0.39 is 0 Å². The number of phenolic OH excluding ortho intramolecular Hbond substituents is 1. The van der Waals surface area contributed by atoms with Crippen LogP contribution in [-0.2, 0) is 12.8 Å². The summed E-state index contributed by atoms with van der Waals surface area (Å²) in [6.45, 7) is 2.27. The van der Waals surface area contributed by atoms with Crippen molar-refractivity contribution in [1.29, 1.82) is 0 Å². The maximum Gasteiger partial charge on any atom is 0.256 e. The van der Waals surface area contributed by atoms with E-state index in [2.05, 4.69) is 40.1 Å². The van der Waals surface area contributed by atoms with Crippen molar-refractivity contribution in [2.24, 2.45) is 5.92 Å². The number of hydrogen-bond acceptors (Lipinski definition) is 4. The number of thiophene rings is 1. The first-order valence-corrected chi connectivity index (χ1v) is 9.63. The third-order valence-electron chi connectivity index (χ3n) is 4.59. The van der Waals surface area contributed by atoms with Crippen molar-refractivity contribution in [3.8, 4) is 5.75 Å². The zero-order valence-corrected chi connectivity index (χ0v) is 15.6. The van der Waals surface area contributed by atoms with E-state index in [1.54, 1.807) is 17.4 Å². The molecule has 0 radical (unpaired) electrons. The van der Waals surface area contributed by atoms with Crippen LogP contribution in [0.2, 0.25) is 0 Å². The van der Waals surface area contributed by atoms with Gasteiger partial charge in [-0.1, -0.05) is 6.92 Å². The summed E-state index contributed by atoms with van der Waals surface area (Å²) in [5, 5.41) is 17.5. The standard InChI is InChI=1S/C17H17IN2O2S/c1-8-2-4-10-13(6-8)23-17-14(10)16(22)19-15(20-17)11-7-9(18)3-5-12(11)21/h3,5,7-8,15,20-21H,2,4,6H2,1H3,(H,19,22). The molecule has 0 spiro atoms. The number of benzene rings is 1. The first-order valence-electron chi connectivity index (χ1n) is 7.73. The molecule has 4 rings (SSSR count). The first-order chi connectivity index (χ1) is 11.0. The van der Waals surface area contributed by atoms with Crippen molar-refractivity contribution in [3.05, 3.63) is 43.3 Å². The normalized spacial score (nSPS) is 22.8. The van der Waals surface area contributed by atoms with Gasteiger partial charge in [-0.3, -0.25) is 4.79 Å². The Morgan fingerprint density at radius 3 is 3.00 bits per heavy atom. The average molecular weight is 440 g/mol. The Balaban J connectivity index is 1.73. The van der Waals surface area contributed by atoms with E-state index in [9.17, 15) is 9.90 Å². The molecular formula is C17H17IN2O2S. The Kier molecular flexibility index (Phi) is 3.76. The van der Waals surface area contributed by atoms with Gasteiger partial charge in [0.1, 0.15) is 16.9 Å². The Hall–Kier alpha value is -1.28. The molecule has 2 atom stereocenters. The van der Waals surface area contributed by atoms with E-state index in [0.29, 0.717) is 11.5 Å². The number of halogens is 1. The summed E-state index contributed by atoms with van der Waals surface area (Å²) in [6.07, 6.45) is 2.80. The van der Waals surface area contributed by atoms with Crippen molar-refractivity contribution < 1.29 is 9.90 Å². The molecule has 0 saturated carbocycles. The zero-order valence-electron chi connectivity index (χ0n) is 12.6. The van der Waals surface area contributed by atoms with E-state index in [1.165, 1.54) is 10.4 Å². The van der Waals surface area contributed by atoms with Gasteiger partial charge in [-0.05, 0) is 71.5 Å². The molecule has 23 heavy (non-hydrogen) atoms.